The van der Waals surface area contributed by atoms with Crippen molar-refractivity contribution in [3.8, 4) is 0 Å². The summed E-state index contributed by atoms with van der Waals surface area (Å²) in [6.45, 7) is 8.40. The molecule has 1 fully saturated rings. The summed E-state index contributed by atoms with van der Waals surface area (Å²) in [5.41, 5.74) is 0.442. The highest BCUT2D eigenvalue weighted by atomic mass is 32.2. The first kappa shape index (κ1) is 20.7. The summed E-state index contributed by atoms with van der Waals surface area (Å²) in [5.74, 6) is 0. The second-order valence-corrected chi connectivity index (χ2v) is 8.91. The fraction of sp³-hybridized carbons (Fsp3) is 0.611. The standard InChI is InChI=1S/C18H27NO6S/c1-14-5-7-16(8-6-14)26(21,22)24-12-11-23-15-9-10-19(13-15)17(20)25-18(2,3)4/h5-8,15H,9-13H2,1-4H3/t15-/m0/s1. The molecule has 0 aromatic heterocycles. The number of benzene rings is 1. The van der Waals surface area contributed by atoms with Crippen molar-refractivity contribution < 1.29 is 26.9 Å². The van der Waals surface area contributed by atoms with Crippen LogP contribution in [0.15, 0.2) is 29.2 Å². The summed E-state index contributed by atoms with van der Waals surface area (Å²) in [6.07, 6.45) is 0.180. The molecule has 146 valence electrons. The van der Waals surface area contributed by atoms with Gasteiger partial charge in [-0.2, -0.15) is 8.42 Å². The summed E-state index contributed by atoms with van der Waals surface area (Å²) in [7, 11) is -3.78. The third-order valence-corrected chi connectivity index (χ3v) is 5.11. The van der Waals surface area contributed by atoms with Crippen molar-refractivity contribution in [2.45, 2.75) is 50.7 Å². The Kier molecular flexibility index (Phi) is 6.65. The first-order chi connectivity index (χ1) is 12.1. The summed E-state index contributed by atoms with van der Waals surface area (Å²) in [6, 6.07) is 6.47. The minimum absolute atomic E-state index is 0.0703. The van der Waals surface area contributed by atoms with Gasteiger partial charge in [0.15, 0.2) is 0 Å². The lowest BCUT2D eigenvalue weighted by atomic mass is 10.2. The van der Waals surface area contributed by atoms with Crippen LogP contribution in [0.25, 0.3) is 0 Å². The van der Waals surface area contributed by atoms with Crippen LogP contribution in [0.4, 0.5) is 4.79 Å². The fourth-order valence-corrected chi connectivity index (χ4v) is 3.38. The predicted molar refractivity (Wildman–Crippen MR) is 96.5 cm³/mol. The van der Waals surface area contributed by atoms with Crippen molar-refractivity contribution in [1.29, 1.82) is 0 Å². The molecule has 1 aromatic carbocycles. The number of amides is 1. The van der Waals surface area contributed by atoms with Crippen LogP contribution in [-0.4, -0.2) is 57.4 Å². The molecule has 26 heavy (non-hydrogen) atoms. The molecule has 1 saturated heterocycles. The molecular formula is C18H27NO6S. The highest BCUT2D eigenvalue weighted by molar-refractivity contribution is 7.86. The van der Waals surface area contributed by atoms with E-state index in [0.29, 0.717) is 19.5 Å². The van der Waals surface area contributed by atoms with Gasteiger partial charge in [0.25, 0.3) is 10.1 Å². The van der Waals surface area contributed by atoms with Crippen molar-refractivity contribution in [2.24, 2.45) is 0 Å². The second-order valence-electron chi connectivity index (χ2n) is 7.30. The van der Waals surface area contributed by atoms with Crippen LogP contribution >= 0.6 is 0 Å². The molecule has 0 unspecified atom stereocenters. The molecule has 1 aromatic rings. The Hall–Kier alpha value is -1.64. The summed E-state index contributed by atoms with van der Waals surface area (Å²) in [5, 5.41) is 0. The minimum Gasteiger partial charge on any atom is -0.444 e. The van der Waals surface area contributed by atoms with Gasteiger partial charge in [-0.3, -0.25) is 4.18 Å². The van der Waals surface area contributed by atoms with Crippen molar-refractivity contribution in [3.05, 3.63) is 29.8 Å². The molecule has 0 spiro atoms. The van der Waals surface area contributed by atoms with E-state index in [4.69, 9.17) is 13.7 Å². The van der Waals surface area contributed by atoms with Crippen LogP contribution in [0.1, 0.15) is 32.8 Å². The van der Waals surface area contributed by atoms with Crippen molar-refractivity contribution in [2.75, 3.05) is 26.3 Å². The molecule has 7 nitrogen and oxygen atoms in total. The van der Waals surface area contributed by atoms with Gasteiger partial charge >= 0.3 is 6.09 Å². The van der Waals surface area contributed by atoms with E-state index >= 15 is 0 Å². The first-order valence-corrected chi connectivity index (χ1v) is 10.0. The fourth-order valence-electron chi connectivity index (χ4n) is 2.49. The van der Waals surface area contributed by atoms with Crippen LogP contribution in [0, 0.1) is 6.92 Å². The second kappa shape index (κ2) is 8.37. The van der Waals surface area contributed by atoms with Gasteiger partial charge in [0.05, 0.1) is 30.8 Å². The van der Waals surface area contributed by atoms with Gasteiger partial charge in [0, 0.05) is 6.54 Å². The number of hydrogen-bond donors (Lipinski definition) is 0. The van der Waals surface area contributed by atoms with Gasteiger partial charge in [-0.05, 0) is 46.2 Å². The lowest BCUT2D eigenvalue weighted by Gasteiger charge is -2.24. The van der Waals surface area contributed by atoms with E-state index in [2.05, 4.69) is 0 Å². The SMILES string of the molecule is Cc1ccc(S(=O)(=O)OCCO[C@H]2CCN(C(=O)OC(C)(C)C)C2)cc1. The third-order valence-electron chi connectivity index (χ3n) is 3.78. The molecule has 1 heterocycles. The molecule has 1 aliphatic heterocycles. The van der Waals surface area contributed by atoms with Crippen molar-refractivity contribution in [3.63, 3.8) is 0 Å². The van der Waals surface area contributed by atoms with E-state index in [1.165, 1.54) is 12.1 Å². The number of likely N-dealkylation sites (tertiary alicyclic amines) is 1. The number of nitrogens with zero attached hydrogens (tertiary/aromatic N) is 1. The van der Waals surface area contributed by atoms with Gasteiger partial charge in [-0.25, -0.2) is 4.79 Å². The van der Waals surface area contributed by atoms with Crippen LogP contribution in [0.2, 0.25) is 0 Å². The van der Waals surface area contributed by atoms with Gasteiger partial charge in [-0.15, -0.1) is 0 Å². The van der Waals surface area contributed by atoms with Crippen molar-refractivity contribution >= 4 is 16.2 Å². The molecule has 0 N–H and O–H groups in total. The van der Waals surface area contributed by atoms with Crippen LogP contribution in [-0.2, 0) is 23.8 Å². The average Bonchev–Trinajstić information content (AvgIpc) is 2.99. The molecule has 0 radical (unpaired) electrons. The van der Waals surface area contributed by atoms with Gasteiger partial charge < -0.3 is 14.4 Å². The molecule has 8 heteroatoms. The first-order valence-electron chi connectivity index (χ1n) is 8.62. The largest absolute Gasteiger partial charge is 0.444 e. The van der Waals surface area contributed by atoms with Crippen LogP contribution in [0.5, 0.6) is 0 Å². The summed E-state index contributed by atoms with van der Waals surface area (Å²) < 4.78 is 40.1. The van der Waals surface area contributed by atoms with E-state index in [1.807, 2.05) is 27.7 Å². The molecular weight excluding hydrogens is 358 g/mol. The molecule has 1 aliphatic rings. The predicted octanol–water partition coefficient (Wildman–Crippen LogP) is 2.73. The third kappa shape index (κ3) is 6.26. The zero-order valence-corrected chi connectivity index (χ0v) is 16.5. The maximum atomic E-state index is 12.1. The molecule has 1 amide bonds. The number of carbonyl (C=O) groups is 1. The number of hydrogen-bond acceptors (Lipinski definition) is 6. The Morgan fingerprint density at radius 3 is 2.46 bits per heavy atom. The Morgan fingerprint density at radius 2 is 1.85 bits per heavy atom. The lowest BCUT2D eigenvalue weighted by Crippen LogP contribution is -2.36. The van der Waals surface area contributed by atoms with E-state index in [0.717, 1.165) is 5.56 Å². The van der Waals surface area contributed by atoms with E-state index < -0.39 is 15.7 Å². The lowest BCUT2D eigenvalue weighted by molar-refractivity contribution is 0.0175. The number of carbonyl (C=O) groups excluding carboxylic acids is 1. The molecule has 0 aliphatic carbocycles. The zero-order valence-electron chi connectivity index (χ0n) is 15.7. The molecule has 0 bridgehead atoms. The maximum Gasteiger partial charge on any atom is 0.410 e. The van der Waals surface area contributed by atoms with Gasteiger partial charge in [-0.1, -0.05) is 17.7 Å². The Labute approximate surface area is 155 Å². The summed E-state index contributed by atoms with van der Waals surface area (Å²) >= 11 is 0. The van der Waals surface area contributed by atoms with Gasteiger partial charge in [0.2, 0.25) is 0 Å². The van der Waals surface area contributed by atoms with Crippen LogP contribution in [0.3, 0.4) is 0 Å². The topological polar surface area (TPSA) is 82.1 Å². The zero-order chi connectivity index (χ0) is 19.4. The minimum atomic E-state index is -3.78. The Morgan fingerprint density at radius 1 is 1.19 bits per heavy atom. The Balaban J connectivity index is 1.72. The summed E-state index contributed by atoms with van der Waals surface area (Å²) in [4.78, 5) is 13.7. The monoisotopic (exact) mass is 385 g/mol. The average molecular weight is 385 g/mol. The number of ether oxygens (including phenoxy) is 2. The number of rotatable bonds is 6. The maximum absolute atomic E-state index is 12.1. The normalized spacial score (nSPS) is 18.2. The highest BCUT2D eigenvalue weighted by Gasteiger charge is 2.30. The van der Waals surface area contributed by atoms with Gasteiger partial charge in [0.1, 0.15) is 5.60 Å². The van der Waals surface area contributed by atoms with Crippen LogP contribution < -0.4 is 0 Å². The molecule has 0 saturated carbocycles. The number of aryl methyl sites for hydroxylation is 1. The van der Waals surface area contributed by atoms with E-state index in [-0.39, 0.29) is 30.3 Å². The quantitative estimate of drug-likeness (QED) is 0.553. The Bertz CT molecular complexity index is 708. The van der Waals surface area contributed by atoms with E-state index in [9.17, 15) is 13.2 Å². The van der Waals surface area contributed by atoms with E-state index in [1.54, 1.807) is 17.0 Å². The molecule has 1 atom stereocenters. The molecule has 2 rings (SSSR count). The smallest absolute Gasteiger partial charge is 0.410 e. The van der Waals surface area contributed by atoms with Crippen molar-refractivity contribution in [1.82, 2.24) is 4.90 Å². The highest BCUT2D eigenvalue weighted by Crippen LogP contribution is 2.17.